The number of ether oxygens (including phenoxy) is 3. The van der Waals surface area contributed by atoms with Gasteiger partial charge >= 0.3 is 0 Å². The molecule has 0 unspecified atom stereocenters. The van der Waals surface area contributed by atoms with Gasteiger partial charge < -0.3 is 25.2 Å². The number of oxime groups is 1. The van der Waals surface area contributed by atoms with E-state index in [-0.39, 0.29) is 0 Å². The van der Waals surface area contributed by atoms with Gasteiger partial charge in [-0.2, -0.15) is 0 Å². The molecule has 2 aromatic carbocycles. The van der Waals surface area contributed by atoms with E-state index in [1.54, 1.807) is 69.9 Å². The van der Waals surface area contributed by atoms with Crippen LogP contribution < -0.4 is 19.9 Å². The molecular formula is C18H20N2O4. The zero-order chi connectivity index (χ0) is 17.5. The lowest BCUT2D eigenvalue weighted by molar-refractivity contribution is 0.320. The number of nitrogens with two attached hydrogens (primary N) is 1. The highest BCUT2D eigenvalue weighted by molar-refractivity contribution is 6.10. The molecule has 3 N–H and O–H groups in total. The topological polar surface area (TPSA) is 86.3 Å². The Morgan fingerprint density at radius 1 is 1.00 bits per heavy atom. The van der Waals surface area contributed by atoms with Crippen molar-refractivity contribution in [1.82, 2.24) is 0 Å². The average Bonchev–Trinajstić information content (AvgIpc) is 2.62. The van der Waals surface area contributed by atoms with Crippen LogP contribution in [0.15, 0.2) is 47.6 Å². The SMILES string of the molecule is COc1cc(/C=C/C(=N/O)c2ccc(N)cc2)cc(OC)c1OC. The number of nitrogen functional groups attached to an aromatic ring is 1. The quantitative estimate of drug-likeness (QED) is 0.368. The molecule has 0 aliphatic rings. The second-order valence-electron chi connectivity index (χ2n) is 4.90. The fraction of sp³-hybridized carbons (Fsp3) is 0.167. The Hall–Kier alpha value is -3.15. The maximum absolute atomic E-state index is 9.25. The average molecular weight is 328 g/mol. The summed E-state index contributed by atoms with van der Waals surface area (Å²) in [4.78, 5) is 0. The highest BCUT2D eigenvalue weighted by Gasteiger charge is 2.12. The normalized spacial score (nSPS) is 11.5. The monoisotopic (exact) mass is 328 g/mol. The van der Waals surface area contributed by atoms with Crippen molar-refractivity contribution < 1.29 is 19.4 Å². The summed E-state index contributed by atoms with van der Waals surface area (Å²) in [5, 5.41) is 12.6. The van der Waals surface area contributed by atoms with Crippen LogP contribution in [0.3, 0.4) is 0 Å². The lowest BCUT2D eigenvalue weighted by Gasteiger charge is -2.12. The van der Waals surface area contributed by atoms with Gasteiger partial charge in [0, 0.05) is 11.3 Å². The Kier molecular flexibility index (Phi) is 5.68. The second kappa shape index (κ2) is 7.92. The van der Waals surface area contributed by atoms with Gasteiger partial charge in [0.2, 0.25) is 5.75 Å². The molecule has 0 heterocycles. The molecule has 0 aliphatic heterocycles. The number of hydrogen-bond acceptors (Lipinski definition) is 6. The molecule has 0 bridgehead atoms. The van der Waals surface area contributed by atoms with Crippen molar-refractivity contribution >= 4 is 17.5 Å². The first-order valence-corrected chi connectivity index (χ1v) is 7.19. The molecule has 0 spiro atoms. The van der Waals surface area contributed by atoms with E-state index in [1.165, 1.54) is 0 Å². The Balaban J connectivity index is 2.35. The fourth-order valence-corrected chi connectivity index (χ4v) is 2.21. The minimum atomic E-state index is 0.406. The van der Waals surface area contributed by atoms with E-state index >= 15 is 0 Å². The van der Waals surface area contributed by atoms with Gasteiger partial charge in [-0.05, 0) is 35.9 Å². The first kappa shape index (κ1) is 17.2. The van der Waals surface area contributed by atoms with Gasteiger partial charge in [-0.1, -0.05) is 23.4 Å². The van der Waals surface area contributed by atoms with E-state index in [0.29, 0.717) is 28.6 Å². The van der Waals surface area contributed by atoms with Gasteiger partial charge in [-0.3, -0.25) is 0 Å². The molecule has 0 atom stereocenters. The van der Waals surface area contributed by atoms with Crippen LogP contribution in [0, 0.1) is 0 Å². The molecular weight excluding hydrogens is 308 g/mol. The molecule has 0 saturated carbocycles. The minimum absolute atomic E-state index is 0.406. The van der Waals surface area contributed by atoms with Crippen molar-refractivity contribution in [2.24, 2.45) is 5.16 Å². The number of methoxy groups -OCH3 is 3. The number of anilines is 1. The van der Waals surface area contributed by atoms with Crippen LogP contribution in [0.4, 0.5) is 5.69 Å². The summed E-state index contributed by atoms with van der Waals surface area (Å²) in [7, 11) is 4.66. The predicted octanol–water partition coefficient (Wildman–Crippen LogP) is 3.19. The van der Waals surface area contributed by atoms with Crippen LogP contribution in [0.1, 0.15) is 11.1 Å². The molecule has 0 aromatic heterocycles. The molecule has 0 aliphatic carbocycles. The Bertz CT molecular complexity index is 727. The number of nitrogens with zero attached hydrogens (tertiary/aromatic N) is 1. The number of benzene rings is 2. The van der Waals surface area contributed by atoms with E-state index in [4.69, 9.17) is 19.9 Å². The lowest BCUT2D eigenvalue weighted by atomic mass is 10.1. The lowest BCUT2D eigenvalue weighted by Crippen LogP contribution is -1.98. The van der Waals surface area contributed by atoms with E-state index in [2.05, 4.69) is 5.16 Å². The van der Waals surface area contributed by atoms with Crippen molar-refractivity contribution in [3.05, 3.63) is 53.6 Å². The van der Waals surface area contributed by atoms with Crippen molar-refractivity contribution in [3.8, 4) is 17.2 Å². The molecule has 126 valence electrons. The maximum Gasteiger partial charge on any atom is 0.203 e. The summed E-state index contributed by atoms with van der Waals surface area (Å²) in [5.41, 5.74) is 8.27. The Labute approximate surface area is 140 Å². The van der Waals surface area contributed by atoms with Crippen LogP contribution >= 0.6 is 0 Å². The van der Waals surface area contributed by atoms with Crippen LogP contribution in [0.25, 0.3) is 6.08 Å². The molecule has 0 fully saturated rings. The first-order valence-electron chi connectivity index (χ1n) is 7.19. The predicted molar refractivity (Wildman–Crippen MR) is 94.3 cm³/mol. The van der Waals surface area contributed by atoms with E-state index in [0.717, 1.165) is 11.1 Å². The number of allylic oxidation sites excluding steroid dienone is 1. The van der Waals surface area contributed by atoms with E-state index in [1.807, 2.05) is 0 Å². The summed E-state index contributed by atoms with van der Waals surface area (Å²) in [6.45, 7) is 0. The zero-order valence-electron chi connectivity index (χ0n) is 13.8. The summed E-state index contributed by atoms with van der Waals surface area (Å²) < 4.78 is 15.9. The van der Waals surface area contributed by atoms with Gasteiger partial charge in [-0.25, -0.2) is 0 Å². The third-order valence-corrected chi connectivity index (χ3v) is 3.43. The fourth-order valence-electron chi connectivity index (χ4n) is 2.21. The highest BCUT2D eigenvalue weighted by atomic mass is 16.5. The Morgan fingerprint density at radius 3 is 2.04 bits per heavy atom. The van der Waals surface area contributed by atoms with Crippen molar-refractivity contribution in [2.45, 2.75) is 0 Å². The van der Waals surface area contributed by atoms with E-state index in [9.17, 15) is 5.21 Å². The standard InChI is InChI=1S/C18H20N2O4/c1-22-16-10-12(11-17(23-2)18(16)24-3)4-9-15(20-21)13-5-7-14(19)8-6-13/h4-11,21H,19H2,1-3H3/b9-4+,20-15-. The summed E-state index contributed by atoms with van der Waals surface area (Å²) in [5.74, 6) is 1.62. The minimum Gasteiger partial charge on any atom is -0.493 e. The molecule has 2 aromatic rings. The highest BCUT2D eigenvalue weighted by Crippen LogP contribution is 2.38. The van der Waals surface area contributed by atoms with Crippen LogP contribution in [-0.4, -0.2) is 32.2 Å². The number of hydrogen-bond donors (Lipinski definition) is 2. The van der Waals surface area contributed by atoms with Gasteiger partial charge in [0.15, 0.2) is 11.5 Å². The molecule has 0 amide bonds. The molecule has 24 heavy (non-hydrogen) atoms. The maximum atomic E-state index is 9.25. The van der Waals surface area contributed by atoms with Crippen LogP contribution in [-0.2, 0) is 0 Å². The van der Waals surface area contributed by atoms with Crippen molar-refractivity contribution in [3.63, 3.8) is 0 Å². The van der Waals surface area contributed by atoms with Crippen molar-refractivity contribution in [2.75, 3.05) is 27.1 Å². The van der Waals surface area contributed by atoms with Gasteiger partial charge in [0.1, 0.15) is 5.71 Å². The summed E-state index contributed by atoms with van der Waals surface area (Å²) >= 11 is 0. The Morgan fingerprint density at radius 2 is 1.58 bits per heavy atom. The van der Waals surface area contributed by atoms with Crippen LogP contribution in [0.5, 0.6) is 17.2 Å². The van der Waals surface area contributed by atoms with Crippen molar-refractivity contribution in [1.29, 1.82) is 0 Å². The first-order chi connectivity index (χ1) is 11.6. The van der Waals surface area contributed by atoms with Gasteiger partial charge in [0.25, 0.3) is 0 Å². The van der Waals surface area contributed by atoms with Crippen LogP contribution in [0.2, 0.25) is 0 Å². The number of rotatable bonds is 6. The summed E-state index contributed by atoms with van der Waals surface area (Å²) in [6.07, 6.45) is 3.47. The molecule has 0 radical (unpaired) electrons. The second-order valence-corrected chi connectivity index (χ2v) is 4.90. The largest absolute Gasteiger partial charge is 0.493 e. The third-order valence-electron chi connectivity index (χ3n) is 3.43. The van der Waals surface area contributed by atoms with Gasteiger partial charge in [-0.15, -0.1) is 0 Å². The zero-order valence-corrected chi connectivity index (χ0v) is 13.8. The molecule has 6 nitrogen and oxygen atoms in total. The molecule has 0 saturated heterocycles. The third kappa shape index (κ3) is 3.78. The molecule has 2 rings (SSSR count). The summed E-state index contributed by atoms with van der Waals surface area (Å²) in [6, 6.07) is 10.7. The smallest absolute Gasteiger partial charge is 0.203 e. The van der Waals surface area contributed by atoms with Gasteiger partial charge in [0.05, 0.1) is 21.3 Å². The molecule has 6 heteroatoms. The van der Waals surface area contributed by atoms with E-state index < -0.39 is 0 Å².